The molecule has 0 aliphatic carbocycles. The van der Waals surface area contributed by atoms with Crippen LogP contribution in [0.1, 0.15) is 31.7 Å². The summed E-state index contributed by atoms with van der Waals surface area (Å²) in [5.74, 6) is 0.780. The highest BCUT2D eigenvalue weighted by molar-refractivity contribution is 5.85. The number of rotatable bonds is 7. The third-order valence-electron chi connectivity index (χ3n) is 4.14. The maximum Gasteiger partial charge on any atom is 0.263 e. The number of ether oxygens (including phenoxy) is 2. The van der Waals surface area contributed by atoms with Crippen LogP contribution in [0.5, 0.6) is 5.75 Å². The van der Waals surface area contributed by atoms with Crippen LogP contribution in [0, 0.1) is 6.92 Å². The van der Waals surface area contributed by atoms with Crippen LogP contribution >= 0.6 is 12.4 Å². The Balaban J connectivity index is 0.00000288. The fourth-order valence-electron chi connectivity index (χ4n) is 2.70. The monoisotopic (exact) mass is 356 g/mol. The molecule has 1 saturated heterocycles. The van der Waals surface area contributed by atoms with Gasteiger partial charge in [0.2, 0.25) is 0 Å². The van der Waals surface area contributed by atoms with Gasteiger partial charge in [-0.1, -0.05) is 17.7 Å². The van der Waals surface area contributed by atoms with E-state index in [9.17, 15) is 4.79 Å². The maximum absolute atomic E-state index is 12.5. The summed E-state index contributed by atoms with van der Waals surface area (Å²) in [6.07, 6.45) is 2.44. The van der Waals surface area contributed by atoms with E-state index in [0.29, 0.717) is 13.2 Å². The second-order valence-corrected chi connectivity index (χ2v) is 6.11. The van der Waals surface area contributed by atoms with Gasteiger partial charge in [0.05, 0.1) is 6.10 Å². The van der Waals surface area contributed by atoms with Crippen molar-refractivity contribution in [2.24, 2.45) is 5.73 Å². The molecule has 2 N–H and O–H groups in total. The Morgan fingerprint density at radius 2 is 1.92 bits per heavy atom. The zero-order valence-electron chi connectivity index (χ0n) is 14.6. The first-order chi connectivity index (χ1) is 11.1. The van der Waals surface area contributed by atoms with Crippen molar-refractivity contribution in [3.05, 3.63) is 29.8 Å². The van der Waals surface area contributed by atoms with Crippen LogP contribution in [0.15, 0.2) is 24.3 Å². The zero-order chi connectivity index (χ0) is 16.7. The number of piperidine rings is 1. The van der Waals surface area contributed by atoms with Crippen LogP contribution in [0.2, 0.25) is 0 Å². The maximum atomic E-state index is 12.5. The summed E-state index contributed by atoms with van der Waals surface area (Å²) in [5, 5.41) is 0. The highest BCUT2D eigenvalue weighted by Gasteiger charge is 2.27. The molecule has 1 amide bonds. The van der Waals surface area contributed by atoms with E-state index < -0.39 is 6.10 Å². The Morgan fingerprint density at radius 1 is 1.29 bits per heavy atom. The first-order valence-corrected chi connectivity index (χ1v) is 8.44. The van der Waals surface area contributed by atoms with Gasteiger partial charge in [0.25, 0.3) is 5.91 Å². The van der Waals surface area contributed by atoms with E-state index in [1.54, 1.807) is 0 Å². The molecule has 0 bridgehead atoms. The predicted molar refractivity (Wildman–Crippen MR) is 97.7 cm³/mol. The number of carbonyl (C=O) groups is 1. The molecule has 1 heterocycles. The first kappa shape index (κ1) is 20.7. The molecule has 6 heteroatoms. The van der Waals surface area contributed by atoms with E-state index in [2.05, 4.69) is 0 Å². The zero-order valence-corrected chi connectivity index (χ0v) is 15.4. The Morgan fingerprint density at radius 3 is 2.50 bits per heavy atom. The largest absolute Gasteiger partial charge is 0.481 e. The van der Waals surface area contributed by atoms with Gasteiger partial charge in [-0.05, 0) is 51.8 Å². The quantitative estimate of drug-likeness (QED) is 0.762. The Hall–Kier alpha value is -1.30. The van der Waals surface area contributed by atoms with Gasteiger partial charge in [0.15, 0.2) is 6.10 Å². The van der Waals surface area contributed by atoms with E-state index in [1.807, 2.05) is 43.0 Å². The van der Waals surface area contributed by atoms with E-state index in [1.165, 1.54) is 5.56 Å². The van der Waals surface area contributed by atoms with Crippen molar-refractivity contribution < 1.29 is 14.3 Å². The Bertz CT molecular complexity index is 488. The average molecular weight is 357 g/mol. The summed E-state index contributed by atoms with van der Waals surface area (Å²) in [5.41, 5.74) is 6.64. The predicted octanol–water partition coefficient (Wildman–Crippen LogP) is 2.54. The summed E-state index contributed by atoms with van der Waals surface area (Å²) < 4.78 is 11.5. The Kier molecular flexibility index (Phi) is 9.11. The normalized spacial score (nSPS) is 16.4. The third kappa shape index (κ3) is 6.30. The minimum Gasteiger partial charge on any atom is -0.481 e. The molecule has 1 atom stereocenters. The van der Waals surface area contributed by atoms with E-state index >= 15 is 0 Å². The molecule has 1 aliphatic heterocycles. The van der Waals surface area contributed by atoms with Gasteiger partial charge < -0.3 is 20.1 Å². The van der Waals surface area contributed by atoms with Crippen molar-refractivity contribution in [2.75, 3.05) is 26.2 Å². The number of hydrogen-bond acceptors (Lipinski definition) is 4. The number of likely N-dealkylation sites (tertiary alicyclic amines) is 1. The van der Waals surface area contributed by atoms with E-state index in [4.69, 9.17) is 15.2 Å². The second-order valence-electron chi connectivity index (χ2n) is 6.11. The molecule has 1 aliphatic rings. The van der Waals surface area contributed by atoms with Gasteiger partial charge >= 0.3 is 0 Å². The molecular formula is C18H29ClN2O3. The van der Waals surface area contributed by atoms with Crippen molar-refractivity contribution in [3.8, 4) is 5.75 Å². The van der Waals surface area contributed by atoms with Crippen molar-refractivity contribution in [1.82, 2.24) is 4.90 Å². The lowest BCUT2D eigenvalue weighted by molar-refractivity contribution is -0.140. The summed E-state index contributed by atoms with van der Waals surface area (Å²) in [6.45, 7) is 6.67. The number of nitrogens with zero attached hydrogens (tertiary/aromatic N) is 1. The van der Waals surface area contributed by atoms with Gasteiger partial charge in [0, 0.05) is 19.7 Å². The fraction of sp³-hybridized carbons (Fsp3) is 0.611. The molecule has 2 rings (SSSR count). The smallest absolute Gasteiger partial charge is 0.263 e. The number of hydrogen-bond donors (Lipinski definition) is 1. The number of benzene rings is 1. The van der Waals surface area contributed by atoms with Crippen LogP contribution in [-0.2, 0) is 9.53 Å². The highest BCUT2D eigenvalue weighted by Crippen LogP contribution is 2.18. The molecule has 0 radical (unpaired) electrons. The van der Waals surface area contributed by atoms with Gasteiger partial charge in [0.1, 0.15) is 5.75 Å². The molecule has 24 heavy (non-hydrogen) atoms. The van der Waals surface area contributed by atoms with Crippen molar-refractivity contribution in [2.45, 2.75) is 45.3 Å². The van der Waals surface area contributed by atoms with Gasteiger partial charge in [-0.15, -0.1) is 12.4 Å². The van der Waals surface area contributed by atoms with E-state index in [-0.39, 0.29) is 24.4 Å². The van der Waals surface area contributed by atoms with Crippen LogP contribution in [0.4, 0.5) is 0 Å². The summed E-state index contributed by atoms with van der Waals surface area (Å²) >= 11 is 0. The van der Waals surface area contributed by atoms with Gasteiger partial charge in [-0.2, -0.15) is 0 Å². The molecule has 0 saturated carbocycles. The topological polar surface area (TPSA) is 64.8 Å². The lowest BCUT2D eigenvalue weighted by atomic mass is 10.1. The van der Waals surface area contributed by atoms with Crippen LogP contribution in [-0.4, -0.2) is 49.3 Å². The molecular weight excluding hydrogens is 328 g/mol. The van der Waals surface area contributed by atoms with Crippen LogP contribution in [0.25, 0.3) is 0 Å². The number of nitrogens with two attached hydrogens (primary N) is 1. The highest BCUT2D eigenvalue weighted by atomic mass is 35.5. The first-order valence-electron chi connectivity index (χ1n) is 8.44. The van der Waals surface area contributed by atoms with Crippen molar-refractivity contribution >= 4 is 18.3 Å². The summed E-state index contributed by atoms with van der Waals surface area (Å²) in [7, 11) is 0. The number of carbonyl (C=O) groups excluding carboxylic acids is 1. The minimum absolute atomic E-state index is 0. The minimum atomic E-state index is -0.465. The molecule has 0 spiro atoms. The molecule has 1 unspecified atom stereocenters. The fourth-order valence-corrected chi connectivity index (χ4v) is 2.70. The van der Waals surface area contributed by atoms with Crippen LogP contribution < -0.4 is 10.5 Å². The molecule has 1 aromatic rings. The third-order valence-corrected chi connectivity index (χ3v) is 4.14. The Labute approximate surface area is 150 Å². The molecule has 0 aromatic heterocycles. The van der Waals surface area contributed by atoms with Crippen molar-refractivity contribution in [1.29, 1.82) is 0 Å². The average Bonchev–Trinajstić information content (AvgIpc) is 2.57. The standard InChI is InChI=1S/C18H28N2O3.ClH/c1-14-4-6-17(7-5-14)23-15(2)18(21)20-11-8-16(9-12-20)22-13-3-10-19;/h4-7,15-16H,3,8-13,19H2,1-2H3;1H. The number of aryl methyl sites for hydroxylation is 1. The summed E-state index contributed by atoms with van der Waals surface area (Å²) in [6, 6.07) is 7.76. The van der Waals surface area contributed by atoms with Crippen molar-refractivity contribution in [3.63, 3.8) is 0 Å². The molecule has 5 nitrogen and oxygen atoms in total. The van der Waals surface area contributed by atoms with Crippen LogP contribution in [0.3, 0.4) is 0 Å². The number of halogens is 1. The second kappa shape index (κ2) is 10.5. The molecule has 136 valence electrons. The summed E-state index contributed by atoms with van der Waals surface area (Å²) in [4.78, 5) is 14.4. The number of amides is 1. The van der Waals surface area contributed by atoms with E-state index in [0.717, 1.165) is 38.1 Å². The lowest BCUT2D eigenvalue weighted by Gasteiger charge is -2.33. The van der Waals surface area contributed by atoms with Gasteiger partial charge in [-0.25, -0.2) is 0 Å². The lowest BCUT2D eigenvalue weighted by Crippen LogP contribution is -2.46. The SMILES string of the molecule is Cc1ccc(OC(C)C(=O)N2CCC(OCCCN)CC2)cc1.Cl. The molecule has 1 fully saturated rings. The molecule has 1 aromatic carbocycles. The van der Waals surface area contributed by atoms with Gasteiger partial charge in [-0.3, -0.25) is 4.79 Å².